The molecule has 1 aromatic rings. The fraction of sp³-hybridized carbons (Fsp3) is 0.500. The van der Waals surface area contributed by atoms with Crippen molar-refractivity contribution in [2.75, 3.05) is 17.7 Å². The summed E-state index contributed by atoms with van der Waals surface area (Å²) in [4.78, 5) is 0. The average Bonchev–Trinajstić information content (AvgIpc) is 2.75. The second-order valence-corrected chi connectivity index (χ2v) is 5.44. The molecule has 1 aliphatic carbocycles. The van der Waals surface area contributed by atoms with Crippen LogP contribution in [0, 0.1) is 0 Å². The highest BCUT2D eigenvalue weighted by molar-refractivity contribution is 6.42. The van der Waals surface area contributed by atoms with Crippen LogP contribution in [0.2, 0.25) is 10.0 Å². The van der Waals surface area contributed by atoms with Gasteiger partial charge in [0.2, 0.25) is 0 Å². The lowest BCUT2D eigenvalue weighted by Crippen LogP contribution is -2.39. The topological polar surface area (TPSA) is 58.3 Å². The summed E-state index contributed by atoms with van der Waals surface area (Å²) in [5.41, 5.74) is 6.94. The van der Waals surface area contributed by atoms with Gasteiger partial charge in [0.1, 0.15) is 0 Å². The Morgan fingerprint density at radius 2 is 1.82 bits per heavy atom. The van der Waals surface area contributed by atoms with Crippen molar-refractivity contribution >= 4 is 34.6 Å². The maximum absolute atomic E-state index is 9.53. The molecule has 0 aliphatic heterocycles. The van der Waals surface area contributed by atoms with Gasteiger partial charge in [-0.2, -0.15) is 0 Å². The Labute approximate surface area is 111 Å². The van der Waals surface area contributed by atoms with Gasteiger partial charge in [-0.3, -0.25) is 0 Å². The zero-order chi connectivity index (χ0) is 12.5. The standard InChI is InChI=1S/C12H16Cl2N2O/c13-8-5-10(15)11(6-9(8)14)16-12(7-17)3-1-2-4-12/h5-6,16-17H,1-4,7,15H2. The van der Waals surface area contributed by atoms with E-state index >= 15 is 0 Å². The fourth-order valence-corrected chi connectivity index (χ4v) is 2.67. The Morgan fingerprint density at radius 1 is 1.24 bits per heavy atom. The number of hydrogen-bond donors (Lipinski definition) is 3. The SMILES string of the molecule is Nc1cc(Cl)c(Cl)cc1NC1(CO)CCCC1. The number of nitrogens with one attached hydrogen (secondary N) is 1. The zero-order valence-corrected chi connectivity index (χ0v) is 11.0. The number of aliphatic hydroxyl groups is 1. The summed E-state index contributed by atoms with van der Waals surface area (Å²) in [6.07, 6.45) is 4.13. The number of rotatable bonds is 3. The summed E-state index contributed by atoms with van der Waals surface area (Å²) in [6.45, 7) is 0.104. The van der Waals surface area contributed by atoms with E-state index < -0.39 is 0 Å². The molecule has 0 saturated heterocycles. The highest BCUT2D eigenvalue weighted by Gasteiger charge is 2.33. The minimum absolute atomic E-state index is 0.104. The molecule has 0 aromatic heterocycles. The summed E-state index contributed by atoms with van der Waals surface area (Å²) in [7, 11) is 0. The third kappa shape index (κ3) is 2.62. The van der Waals surface area contributed by atoms with Crippen LogP contribution in [0.4, 0.5) is 11.4 Å². The van der Waals surface area contributed by atoms with Gasteiger partial charge in [-0.15, -0.1) is 0 Å². The molecule has 94 valence electrons. The molecule has 0 radical (unpaired) electrons. The largest absolute Gasteiger partial charge is 0.397 e. The van der Waals surface area contributed by atoms with E-state index in [1.165, 1.54) is 0 Å². The average molecular weight is 275 g/mol. The maximum atomic E-state index is 9.53. The van der Waals surface area contributed by atoms with E-state index in [1.807, 2.05) is 0 Å². The first-order valence-corrected chi connectivity index (χ1v) is 6.45. The van der Waals surface area contributed by atoms with Gasteiger partial charge in [-0.25, -0.2) is 0 Å². The predicted octanol–water partition coefficient (Wildman–Crippen LogP) is 3.29. The number of anilines is 2. The zero-order valence-electron chi connectivity index (χ0n) is 9.47. The monoisotopic (exact) mass is 274 g/mol. The van der Waals surface area contributed by atoms with Gasteiger partial charge >= 0.3 is 0 Å². The molecule has 0 unspecified atom stereocenters. The van der Waals surface area contributed by atoms with Crippen LogP contribution in [0.3, 0.4) is 0 Å². The van der Waals surface area contributed by atoms with Crippen molar-refractivity contribution in [3.05, 3.63) is 22.2 Å². The molecule has 0 heterocycles. The van der Waals surface area contributed by atoms with Crippen molar-refractivity contribution in [2.45, 2.75) is 31.2 Å². The van der Waals surface area contributed by atoms with Crippen molar-refractivity contribution in [2.24, 2.45) is 0 Å². The first-order valence-electron chi connectivity index (χ1n) is 5.70. The van der Waals surface area contributed by atoms with Crippen LogP contribution in [0.15, 0.2) is 12.1 Å². The van der Waals surface area contributed by atoms with Gasteiger partial charge in [0.05, 0.1) is 33.6 Å². The molecule has 0 spiro atoms. The van der Waals surface area contributed by atoms with E-state index in [0.717, 1.165) is 31.4 Å². The number of benzene rings is 1. The molecular formula is C12H16Cl2N2O. The number of aliphatic hydroxyl groups excluding tert-OH is 1. The number of hydrogen-bond acceptors (Lipinski definition) is 3. The predicted molar refractivity (Wildman–Crippen MR) is 72.8 cm³/mol. The minimum Gasteiger partial charge on any atom is -0.397 e. The van der Waals surface area contributed by atoms with Crippen molar-refractivity contribution in [3.63, 3.8) is 0 Å². The molecular weight excluding hydrogens is 259 g/mol. The number of nitrogens with two attached hydrogens (primary N) is 1. The van der Waals surface area contributed by atoms with E-state index in [4.69, 9.17) is 28.9 Å². The van der Waals surface area contributed by atoms with Crippen LogP contribution in [0.5, 0.6) is 0 Å². The fourth-order valence-electron chi connectivity index (χ4n) is 2.33. The van der Waals surface area contributed by atoms with Gasteiger partial charge in [0, 0.05) is 0 Å². The van der Waals surface area contributed by atoms with E-state index in [9.17, 15) is 5.11 Å². The normalized spacial score (nSPS) is 18.3. The van der Waals surface area contributed by atoms with E-state index in [-0.39, 0.29) is 12.1 Å². The van der Waals surface area contributed by atoms with Crippen LogP contribution in [-0.2, 0) is 0 Å². The Hall–Kier alpha value is -0.640. The molecule has 0 bridgehead atoms. The third-order valence-electron chi connectivity index (χ3n) is 3.36. The molecule has 0 amide bonds. The molecule has 1 saturated carbocycles. The molecule has 3 nitrogen and oxygen atoms in total. The second kappa shape index (κ2) is 4.92. The molecule has 4 N–H and O–H groups in total. The molecule has 5 heteroatoms. The Bertz CT molecular complexity index is 417. The van der Waals surface area contributed by atoms with Crippen LogP contribution in [-0.4, -0.2) is 17.3 Å². The summed E-state index contributed by atoms with van der Waals surface area (Å²) >= 11 is 11.9. The van der Waals surface area contributed by atoms with Crippen LogP contribution < -0.4 is 11.1 Å². The van der Waals surface area contributed by atoms with Crippen molar-refractivity contribution in [3.8, 4) is 0 Å². The van der Waals surface area contributed by atoms with Crippen LogP contribution in [0.1, 0.15) is 25.7 Å². The van der Waals surface area contributed by atoms with E-state index in [0.29, 0.717) is 15.7 Å². The second-order valence-electron chi connectivity index (χ2n) is 4.62. The lowest BCUT2D eigenvalue weighted by Gasteiger charge is -2.30. The Balaban J connectivity index is 2.26. The molecule has 1 aliphatic rings. The summed E-state index contributed by atoms with van der Waals surface area (Å²) in [5.74, 6) is 0. The molecule has 17 heavy (non-hydrogen) atoms. The van der Waals surface area contributed by atoms with Crippen LogP contribution in [0.25, 0.3) is 0 Å². The Morgan fingerprint density at radius 3 is 2.41 bits per heavy atom. The van der Waals surface area contributed by atoms with Gasteiger partial charge in [0.25, 0.3) is 0 Å². The van der Waals surface area contributed by atoms with Crippen molar-refractivity contribution in [1.82, 2.24) is 0 Å². The highest BCUT2D eigenvalue weighted by atomic mass is 35.5. The molecule has 1 fully saturated rings. The number of nitrogen functional groups attached to an aromatic ring is 1. The lowest BCUT2D eigenvalue weighted by molar-refractivity contribution is 0.214. The van der Waals surface area contributed by atoms with E-state index in [1.54, 1.807) is 12.1 Å². The quantitative estimate of drug-likeness (QED) is 0.742. The third-order valence-corrected chi connectivity index (χ3v) is 4.08. The highest BCUT2D eigenvalue weighted by Crippen LogP contribution is 2.37. The van der Waals surface area contributed by atoms with Gasteiger partial charge in [-0.05, 0) is 25.0 Å². The number of halogens is 2. The summed E-state index contributed by atoms with van der Waals surface area (Å²) in [6, 6.07) is 3.35. The molecule has 0 atom stereocenters. The van der Waals surface area contributed by atoms with Crippen LogP contribution >= 0.6 is 23.2 Å². The summed E-state index contributed by atoms with van der Waals surface area (Å²) in [5, 5.41) is 13.8. The Kier molecular flexibility index (Phi) is 3.71. The molecule has 1 aromatic carbocycles. The minimum atomic E-state index is -0.259. The van der Waals surface area contributed by atoms with Gasteiger partial charge < -0.3 is 16.2 Å². The van der Waals surface area contributed by atoms with Crippen molar-refractivity contribution < 1.29 is 5.11 Å². The first-order chi connectivity index (χ1) is 8.06. The smallest absolute Gasteiger partial charge is 0.0661 e. The van der Waals surface area contributed by atoms with Gasteiger partial charge in [0.15, 0.2) is 0 Å². The van der Waals surface area contributed by atoms with Gasteiger partial charge in [-0.1, -0.05) is 36.0 Å². The first kappa shape index (κ1) is 12.8. The maximum Gasteiger partial charge on any atom is 0.0661 e. The molecule has 2 rings (SSSR count). The van der Waals surface area contributed by atoms with Crippen molar-refractivity contribution in [1.29, 1.82) is 0 Å². The lowest BCUT2D eigenvalue weighted by atomic mass is 9.98. The van der Waals surface area contributed by atoms with E-state index in [2.05, 4.69) is 5.32 Å². The summed E-state index contributed by atoms with van der Waals surface area (Å²) < 4.78 is 0.